The van der Waals surface area contributed by atoms with Crippen LogP contribution in [0.4, 0.5) is 0 Å². The van der Waals surface area contributed by atoms with E-state index in [0.717, 1.165) is 22.6 Å². The fraction of sp³-hybridized carbons (Fsp3) is 0.286. The van der Waals surface area contributed by atoms with Crippen LogP contribution in [-0.2, 0) is 13.1 Å². The average Bonchev–Trinajstić information content (AvgIpc) is 2.89. The van der Waals surface area contributed by atoms with Crippen LogP contribution >= 0.6 is 11.8 Å². The number of nitrogens with zero attached hydrogens (tertiary/aromatic N) is 1. The zero-order valence-corrected chi connectivity index (χ0v) is 11.5. The molecule has 0 bridgehead atoms. The van der Waals surface area contributed by atoms with Crippen molar-refractivity contribution >= 4 is 11.8 Å². The summed E-state index contributed by atoms with van der Waals surface area (Å²) in [5, 5.41) is 3.15. The van der Waals surface area contributed by atoms with Gasteiger partial charge in [-0.1, -0.05) is 19.1 Å². The van der Waals surface area contributed by atoms with E-state index in [2.05, 4.69) is 34.3 Å². The third-order valence-corrected chi connectivity index (χ3v) is 4.03. The second kappa shape index (κ2) is 5.19. The number of H-pyrrole nitrogens is 1. The number of aromatic amines is 1. The number of fused-ring (bicyclic) bond motifs is 1. The van der Waals surface area contributed by atoms with Crippen molar-refractivity contribution < 1.29 is 0 Å². The average molecular weight is 273 g/mol. The molecule has 3 rings (SSSR count). The lowest BCUT2D eigenvalue weighted by Crippen LogP contribution is -2.15. The van der Waals surface area contributed by atoms with Crippen molar-refractivity contribution in [2.75, 3.05) is 5.75 Å². The highest BCUT2D eigenvalue weighted by molar-refractivity contribution is 7.99. The summed E-state index contributed by atoms with van der Waals surface area (Å²) in [6.45, 7) is 3.42. The largest absolute Gasteiger partial charge is 0.307 e. The molecule has 0 atom stereocenters. The van der Waals surface area contributed by atoms with Crippen LogP contribution in [0.5, 0.6) is 0 Å². The Morgan fingerprint density at radius 3 is 2.79 bits per heavy atom. The summed E-state index contributed by atoms with van der Waals surface area (Å²) in [5.41, 5.74) is 2.55. The lowest BCUT2D eigenvalue weighted by molar-refractivity contribution is 0.757. The lowest BCUT2D eigenvalue weighted by Gasteiger charge is -2.05. The number of nitrogens with one attached hydrogen (secondary N) is 2. The van der Waals surface area contributed by atoms with E-state index in [1.807, 2.05) is 12.1 Å². The zero-order valence-electron chi connectivity index (χ0n) is 10.7. The maximum absolute atomic E-state index is 11.9. The minimum atomic E-state index is -0.0305. The molecule has 0 amide bonds. The van der Waals surface area contributed by atoms with Crippen LogP contribution in [0.1, 0.15) is 18.2 Å². The molecule has 0 aliphatic carbocycles. The minimum Gasteiger partial charge on any atom is -0.307 e. The molecule has 19 heavy (non-hydrogen) atoms. The summed E-state index contributed by atoms with van der Waals surface area (Å²) in [6.07, 6.45) is 0. The molecule has 2 N–H and O–H groups in total. The van der Waals surface area contributed by atoms with Gasteiger partial charge in [0.1, 0.15) is 5.82 Å². The molecule has 0 radical (unpaired) electrons. The van der Waals surface area contributed by atoms with Gasteiger partial charge in [0, 0.05) is 23.5 Å². The maximum atomic E-state index is 11.9. The van der Waals surface area contributed by atoms with E-state index in [1.165, 1.54) is 4.90 Å². The standard InChI is InChI=1S/C14H15N3OS/c1-2-19-10-5-3-9(4-6-10)13-16-12-8-15-7-11(12)14(18)17-13/h3-6,15H,2,7-8H2,1H3,(H,16,17,18). The Balaban J connectivity index is 1.98. The van der Waals surface area contributed by atoms with Crippen LogP contribution in [0, 0.1) is 0 Å². The molecule has 2 heterocycles. The van der Waals surface area contributed by atoms with Crippen molar-refractivity contribution in [3.05, 3.63) is 45.9 Å². The van der Waals surface area contributed by atoms with Crippen molar-refractivity contribution in [2.45, 2.75) is 24.9 Å². The van der Waals surface area contributed by atoms with Gasteiger partial charge < -0.3 is 10.3 Å². The highest BCUT2D eigenvalue weighted by atomic mass is 32.2. The summed E-state index contributed by atoms with van der Waals surface area (Å²) in [4.78, 5) is 20.6. The predicted molar refractivity (Wildman–Crippen MR) is 77.2 cm³/mol. The van der Waals surface area contributed by atoms with Crippen molar-refractivity contribution in [1.29, 1.82) is 0 Å². The van der Waals surface area contributed by atoms with E-state index >= 15 is 0 Å². The lowest BCUT2D eigenvalue weighted by atomic mass is 10.2. The Bertz CT molecular complexity index is 649. The van der Waals surface area contributed by atoms with Gasteiger partial charge in [0.05, 0.1) is 11.3 Å². The quantitative estimate of drug-likeness (QED) is 0.841. The van der Waals surface area contributed by atoms with Gasteiger partial charge in [-0.05, 0) is 17.9 Å². The normalized spacial score (nSPS) is 13.5. The highest BCUT2D eigenvalue weighted by Gasteiger charge is 2.16. The van der Waals surface area contributed by atoms with E-state index in [9.17, 15) is 4.79 Å². The number of hydrogen-bond donors (Lipinski definition) is 2. The molecule has 4 nitrogen and oxygen atoms in total. The topological polar surface area (TPSA) is 57.8 Å². The Morgan fingerprint density at radius 2 is 2.05 bits per heavy atom. The highest BCUT2D eigenvalue weighted by Crippen LogP contribution is 2.22. The van der Waals surface area contributed by atoms with Gasteiger partial charge in [0.2, 0.25) is 0 Å². The molecule has 0 fully saturated rings. The number of rotatable bonds is 3. The van der Waals surface area contributed by atoms with Gasteiger partial charge in [-0.15, -0.1) is 11.8 Å². The first kappa shape index (κ1) is 12.4. The summed E-state index contributed by atoms with van der Waals surface area (Å²) in [6, 6.07) is 8.14. The molecular weight excluding hydrogens is 258 g/mol. The molecule has 1 aromatic carbocycles. The molecular formula is C14H15N3OS. The van der Waals surface area contributed by atoms with Crippen LogP contribution in [0.2, 0.25) is 0 Å². The first-order valence-electron chi connectivity index (χ1n) is 6.34. The number of hydrogen-bond acceptors (Lipinski definition) is 4. The van der Waals surface area contributed by atoms with E-state index in [1.54, 1.807) is 11.8 Å². The molecule has 0 saturated heterocycles. The maximum Gasteiger partial charge on any atom is 0.255 e. The third-order valence-electron chi connectivity index (χ3n) is 3.13. The monoisotopic (exact) mass is 273 g/mol. The first-order valence-corrected chi connectivity index (χ1v) is 7.32. The van der Waals surface area contributed by atoms with Gasteiger partial charge >= 0.3 is 0 Å². The Labute approximate surface area is 115 Å². The molecule has 5 heteroatoms. The van der Waals surface area contributed by atoms with E-state index in [0.29, 0.717) is 18.9 Å². The molecule has 98 valence electrons. The van der Waals surface area contributed by atoms with Gasteiger partial charge in [0.15, 0.2) is 0 Å². The summed E-state index contributed by atoms with van der Waals surface area (Å²) < 4.78 is 0. The Kier molecular flexibility index (Phi) is 3.40. The van der Waals surface area contributed by atoms with Crippen molar-refractivity contribution in [2.24, 2.45) is 0 Å². The smallest absolute Gasteiger partial charge is 0.255 e. The molecule has 1 aliphatic heterocycles. The van der Waals surface area contributed by atoms with Crippen molar-refractivity contribution in [1.82, 2.24) is 15.3 Å². The molecule has 0 spiro atoms. The summed E-state index contributed by atoms with van der Waals surface area (Å²) in [5.74, 6) is 1.71. The van der Waals surface area contributed by atoms with Crippen LogP contribution in [0.25, 0.3) is 11.4 Å². The second-order valence-corrected chi connectivity index (χ2v) is 5.74. The second-order valence-electron chi connectivity index (χ2n) is 4.40. The van der Waals surface area contributed by atoms with Gasteiger partial charge in [0.25, 0.3) is 5.56 Å². The molecule has 1 aromatic heterocycles. The Hall–Kier alpha value is -1.59. The van der Waals surface area contributed by atoms with Crippen LogP contribution in [0.15, 0.2) is 34.0 Å². The fourth-order valence-corrected chi connectivity index (χ4v) is 2.85. The van der Waals surface area contributed by atoms with Crippen molar-refractivity contribution in [3.8, 4) is 11.4 Å². The predicted octanol–water partition coefficient (Wildman–Crippen LogP) is 2.15. The molecule has 0 unspecified atom stereocenters. The van der Waals surface area contributed by atoms with Crippen molar-refractivity contribution in [3.63, 3.8) is 0 Å². The number of benzene rings is 1. The summed E-state index contributed by atoms with van der Waals surface area (Å²) in [7, 11) is 0. The molecule has 1 aliphatic rings. The van der Waals surface area contributed by atoms with E-state index in [4.69, 9.17) is 0 Å². The minimum absolute atomic E-state index is 0.0305. The Morgan fingerprint density at radius 1 is 1.26 bits per heavy atom. The SMILES string of the molecule is CCSc1ccc(-c2nc3c(c(=O)[nH]2)CNC3)cc1. The third kappa shape index (κ3) is 2.43. The fourth-order valence-electron chi connectivity index (χ4n) is 2.19. The van der Waals surface area contributed by atoms with Gasteiger partial charge in [-0.2, -0.15) is 0 Å². The number of aromatic nitrogens is 2. The molecule has 2 aromatic rings. The van der Waals surface area contributed by atoms with Crippen LogP contribution < -0.4 is 10.9 Å². The zero-order chi connectivity index (χ0) is 13.2. The van der Waals surface area contributed by atoms with Crippen LogP contribution in [0.3, 0.4) is 0 Å². The van der Waals surface area contributed by atoms with E-state index in [-0.39, 0.29) is 5.56 Å². The number of thioether (sulfide) groups is 1. The summed E-state index contributed by atoms with van der Waals surface area (Å²) >= 11 is 1.80. The van der Waals surface area contributed by atoms with E-state index < -0.39 is 0 Å². The first-order chi connectivity index (χ1) is 9.28. The van der Waals surface area contributed by atoms with Gasteiger partial charge in [-0.25, -0.2) is 4.98 Å². The van der Waals surface area contributed by atoms with Gasteiger partial charge in [-0.3, -0.25) is 4.79 Å². The van der Waals surface area contributed by atoms with Crippen LogP contribution in [-0.4, -0.2) is 15.7 Å². The molecule has 0 saturated carbocycles.